The van der Waals surface area contributed by atoms with Crippen LogP contribution in [0, 0.1) is 0 Å². The van der Waals surface area contributed by atoms with Crippen LogP contribution in [0.1, 0.15) is 29.3 Å². The van der Waals surface area contributed by atoms with Crippen LogP contribution in [0.3, 0.4) is 0 Å². The molecule has 3 heterocycles. The number of benzene rings is 3. The summed E-state index contributed by atoms with van der Waals surface area (Å²) in [6, 6.07) is 24.5. The number of halogens is 3. The van der Waals surface area contributed by atoms with E-state index in [2.05, 4.69) is 25.3 Å². The molecule has 1 fully saturated rings. The molecule has 56 heavy (non-hydrogen) atoms. The van der Waals surface area contributed by atoms with Gasteiger partial charge in [0.1, 0.15) is 29.4 Å². The summed E-state index contributed by atoms with van der Waals surface area (Å²) in [6.45, 7) is -0.762. The van der Waals surface area contributed by atoms with Gasteiger partial charge in [-0.1, -0.05) is 54.6 Å². The van der Waals surface area contributed by atoms with Crippen molar-refractivity contribution in [3.63, 3.8) is 0 Å². The first kappa shape index (κ1) is 39.7. The Morgan fingerprint density at radius 2 is 1.59 bits per heavy atom. The van der Waals surface area contributed by atoms with E-state index >= 15 is 0 Å². The summed E-state index contributed by atoms with van der Waals surface area (Å²) in [5, 5.41) is 16.2. The number of carbonyl (C=O) groups excluding carboxylic acids is 1. The van der Waals surface area contributed by atoms with Crippen molar-refractivity contribution >= 4 is 35.3 Å². The molecule has 3 aromatic carbocycles. The number of nitrogens with one attached hydrogen (secondary N) is 3. The summed E-state index contributed by atoms with van der Waals surface area (Å²) in [5.74, 6) is -0.861. The molecule has 0 spiro atoms. The second-order valence-corrected chi connectivity index (χ2v) is 13.0. The fourth-order valence-electron chi connectivity index (χ4n) is 6.36. The summed E-state index contributed by atoms with van der Waals surface area (Å²) in [6.07, 6.45) is -6.63. The minimum Gasteiger partial charge on any atom is -0.497 e. The van der Waals surface area contributed by atoms with Gasteiger partial charge >= 0.3 is 12.1 Å². The molecular weight excluding hydrogens is 737 g/mol. The van der Waals surface area contributed by atoms with Gasteiger partial charge in [-0.25, -0.2) is 9.98 Å². The Kier molecular flexibility index (Phi) is 11.9. The Labute approximate surface area is 319 Å². The number of carbonyl (C=O) groups is 1. The zero-order valence-corrected chi connectivity index (χ0v) is 30.9. The van der Waals surface area contributed by atoms with Crippen molar-refractivity contribution in [2.45, 2.75) is 36.6 Å². The van der Waals surface area contributed by atoms with Crippen LogP contribution in [0.4, 0.5) is 25.1 Å². The first-order valence-electron chi connectivity index (χ1n) is 17.5. The van der Waals surface area contributed by atoms with Crippen molar-refractivity contribution in [1.82, 2.24) is 29.7 Å². The summed E-state index contributed by atoms with van der Waals surface area (Å²) in [7, 11) is 6.62. The molecule has 1 aliphatic heterocycles. The molecule has 0 bridgehead atoms. The number of methoxy groups -OCH3 is 2. The average molecular weight is 779 g/mol. The van der Waals surface area contributed by atoms with E-state index in [4.69, 9.17) is 18.9 Å². The molecule has 2 aromatic heterocycles. The Balaban J connectivity index is 1.35. The number of aromatic amines is 1. The van der Waals surface area contributed by atoms with Crippen LogP contribution >= 0.6 is 0 Å². The fourth-order valence-corrected chi connectivity index (χ4v) is 6.36. The molecule has 6 rings (SSSR count). The van der Waals surface area contributed by atoms with Gasteiger partial charge in [0.25, 0.3) is 5.56 Å². The van der Waals surface area contributed by atoms with Crippen molar-refractivity contribution in [1.29, 1.82) is 0 Å². The highest BCUT2D eigenvalue weighted by molar-refractivity contribution is 5.81. The maximum absolute atomic E-state index is 13.2. The number of fused-ring (bicyclic) bond motifs is 1. The standard InChI is InChI=1S/C38H41F3N8O7/c1-48(2)22-44-35-46-32-31(33(51)47-35)45-36(43-19-18-42-34(52)38(39,40)41)49(32)30-20-28(50)29(56-30)21-55-37(23-8-6-5-7-9-23,24-10-14-26(53-3)15-11-24)25-12-16-27(54-4)17-13-25/h5-17,22,28-30,50H,18-21H2,1-4H3,(H,42,52)(H,43,45)(H,46,47,51)/t28?,29-,30-/m1/s1. The molecule has 0 saturated carbocycles. The van der Waals surface area contributed by atoms with E-state index in [1.807, 2.05) is 78.9 Å². The lowest BCUT2D eigenvalue weighted by molar-refractivity contribution is -0.173. The molecule has 1 aliphatic rings. The number of aliphatic hydroxyl groups is 1. The third-order valence-electron chi connectivity index (χ3n) is 9.03. The van der Waals surface area contributed by atoms with Crippen LogP contribution in [0.5, 0.6) is 11.5 Å². The molecule has 0 aliphatic carbocycles. The van der Waals surface area contributed by atoms with Gasteiger partial charge in [0.15, 0.2) is 11.2 Å². The number of H-pyrrole nitrogens is 1. The molecular formula is C38H41F3N8O7. The number of aliphatic hydroxyl groups excluding tert-OH is 1. The number of amides is 1. The van der Waals surface area contributed by atoms with Gasteiger partial charge in [0.2, 0.25) is 11.9 Å². The molecule has 4 N–H and O–H groups in total. The lowest BCUT2D eigenvalue weighted by atomic mass is 9.80. The van der Waals surface area contributed by atoms with Crippen LogP contribution in [0.2, 0.25) is 0 Å². The topological polar surface area (TPSA) is 177 Å². The fraction of sp³-hybridized carbons (Fsp3) is 0.342. The van der Waals surface area contributed by atoms with Crippen molar-refractivity contribution in [3.8, 4) is 11.5 Å². The smallest absolute Gasteiger partial charge is 0.471 e. The maximum Gasteiger partial charge on any atom is 0.471 e. The number of ether oxygens (including phenoxy) is 4. The number of alkyl halides is 3. The number of hydrogen-bond acceptors (Lipinski definition) is 11. The molecule has 1 unspecified atom stereocenters. The van der Waals surface area contributed by atoms with Gasteiger partial charge < -0.3 is 39.6 Å². The Morgan fingerprint density at radius 3 is 2.16 bits per heavy atom. The van der Waals surface area contributed by atoms with Crippen molar-refractivity contribution in [2.75, 3.05) is 53.3 Å². The number of rotatable bonds is 15. The minimum atomic E-state index is -5.06. The lowest BCUT2D eigenvalue weighted by Gasteiger charge is -2.37. The largest absolute Gasteiger partial charge is 0.497 e. The highest BCUT2D eigenvalue weighted by Crippen LogP contribution is 2.43. The molecule has 1 saturated heterocycles. The predicted molar refractivity (Wildman–Crippen MR) is 200 cm³/mol. The van der Waals surface area contributed by atoms with Gasteiger partial charge in [-0.2, -0.15) is 18.2 Å². The highest BCUT2D eigenvalue weighted by atomic mass is 19.4. The second kappa shape index (κ2) is 16.8. The number of aliphatic imine (C=N–C) groups is 1. The third kappa shape index (κ3) is 8.46. The van der Waals surface area contributed by atoms with E-state index in [0.717, 1.165) is 16.7 Å². The van der Waals surface area contributed by atoms with Crippen molar-refractivity contribution < 1.29 is 42.0 Å². The average Bonchev–Trinajstić information content (AvgIpc) is 3.75. The summed E-state index contributed by atoms with van der Waals surface area (Å²) < 4.78 is 64.1. The van der Waals surface area contributed by atoms with Gasteiger partial charge in [-0.05, 0) is 41.0 Å². The monoisotopic (exact) mass is 778 g/mol. The SMILES string of the molecule is COc1ccc(C(OC[C@H]2O[C@@H](n3c(NCCNC(=O)C(F)(F)F)nc4c(=O)[nH]c(N=CN(C)C)nc43)CC2O)(c2ccccc2)c2ccc(OC)cc2)cc1. The number of hydrogen-bond donors (Lipinski definition) is 4. The zero-order valence-electron chi connectivity index (χ0n) is 30.9. The van der Waals surface area contributed by atoms with Crippen LogP contribution in [0.25, 0.3) is 11.2 Å². The van der Waals surface area contributed by atoms with Crippen LogP contribution in [-0.4, -0.2) is 108 Å². The van der Waals surface area contributed by atoms with Crippen LogP contribution < -0.4 is 25.7 Å². The molecule has 1 amide bonds. The molecule has 3 atom stereocenters. The third-order valence-corrected chi connectivity index (χ3v) is 9.03. The van der Waals surface area contributed by atoms with Gasteiger partial charge in [0.05, 0.1) is 33.3 Å². The van der Waals surface area contributed by atoms with E-state index in [1.54, 1.807) is 38.5 Å². The summed E-state index contributed by atoms with van der Waals surface area (Å²) in [4.78, 5) is 41.8. The predicted octanol–water partition coefficient (Wildman–Crippen LogP) is 4.11. The van der Waals surface area contributed by atoms with Crippen molar-refractivity contribution in [2.24, 2.45) is 4.99 Å². The first-order chi connectivity index (χ1) is 26.8. The molecule has 18 heteroatoms. The van der Waals surface area contributed by atoms with Crippen LogP contribution in [0.15, 0.2) is 88.6 Å². The Morgan fingerprint density at radius 1 is 0.982 bits per heavy atom. The van der Waals surface area contributed by atoms with Crippen LogP contribution in [-0.2, 0) is 19.9 Å². The molecule has 5 aromatic rings. The normalized spacial score (nSPS) is 17.3. The van der Waals surface area contributed by atoms with E-state index in [1.165, 1.54) is 10.9 Å². The molecule has 0 radical (unpaired) electrons. The number of imidazole rings is 1. The van der Waals surface area contributed by atoms with Gasteiger partial charge in [-0.3, -0.25) is 19.1 Å². The van der Waals surface area contributed by atoms with Crippen molar-refractivity contribution in [3.05, 3.63) is 106 Å². The lowest BCUT2D eigenvalue weighted by Crippen LogP contribution is -2.39. The van der Waals surface area contributed by atoms with E-state index < -0.39 is 48.2 Å². The number of nitrogens with zero attached hydrogens (tertiary/aromatic N) is 5. The summed E-state index contributed by atoms with van der Waals surface area (Å²) >= 11 is 0. The quantitative estimate of drug-likeness (QED) is 0.0521. The second-order valence-electron chi connectivity index (χ2n) is 13.0. The van der Waals surface area contributed by atoms with E-state index in [0.29, 0.717) is 11.5 Å². The first-order valence-corrected chi connectivity index (χ1v) is 17.5. The minimum absolute atomic E-state index is 0.00173. The van der Waals surface area contributed by atoms with Gasteiger partial charge in [-0.15, -0.1) is 0 Å². The molecule has 296 valence electrons. The zero-order chi connectivity index (χ0) is 40.0. The summed E-state index contributed by atoms with van der Waals surface area (Å²) in [5.41, 5.74) is 0.377. The van der Waals surface area contributed by atoms with E-state index in [9.17, 15) is 27.9 Å². The molecule has 15 nitrogen and oxygen atoms in total. The van der Waals surface area contributed by atoms with E-state index in [-0.39, 0.29) is 42.6 Å². The number of aromatic nitrogens is 4. The Bertz CT molecular complexity index is 2150. The van der Waals surface area contributed by atoms with Gasteiger partial charge in [0, 0.05) is 33.6 Å². The maximum atomic E-state index is 13.2. The Hall–Kier alpha value is -5.98. The highest BCUT2D eigenvalue weighted by Gasteiger charge is 2.43. The number of anilines is 1.